The van der Waals surface area contributed by atoms with E-state index < -0.39 is 5.97 Å². The molecule has 0 spiro atoms. The van der Waals surface area contributed by atoms with Gasteiger partial charge in [-0.3, -0.25) is 0 Å². The normalized spacial score (nSPS) is 9.55. The fourth-order valence-corrected chi connectivity index (χ4v) is 0.944. The number of H-pyrrole nitrogens is 1. The number of carboxylic acid groups (broad SMARTS) is 1. The number of aryl methyl sites for hydroxylation is 1. The molecule has 1 rings (SSSR count). The Balaban J connectivity index is 3.32. The first kappa shape index (κ1) is 7.87. The number of aromatic amines is 1. The lowest BCUT2D eigenvalue weighted by Crippen LogP contribution is -2.02. The molecule has 0 aliphatic heterocycles. The SMILES string of the molecule is Cc1cnc(C(=O)O)c(=S)[nH]1. The minimum Gasteiger partial charge on any atom is -0.476 e. The summed E-state index contributed by atoms with van der Waals surface area (Å²) in [5.41, 5.74) is 0.644. The van der Waals surface area contributed by atoms with Crippen LogP contribution in [0.15, 0.2) is 6.20 Å². The fraction of sp³-hybridized carbons (Fsp3) is 0.167. The summed E-state index contributed by atoms with van der Waals surface area (Å²) in [6.45, 7) is 1.76. The van der Waals surface area contributed by atoms with Crippen molar-refractivity contribution < 1.29 is 9.90 Å². The Bertz CT molecular complexity index is 345. The summed E-state index contributed by atoms with van der Waals surface area (Å²) in [5, 5.41) is 8.51. The van der Waals surface area contributed by atoms with E-state index in [9.17, 15) is 4.79 Å². The molecule has 11 heavy (non-hydrogen) atoms. The van der Waals surface area contributed by atoms with Crippen LogP contribution in [-0.2, 0) is 0 Å². The average molecular weight is 170 g/mol. The van der Waals surface area contributed by atoms with Gasteiger partial charge in [-0.25, -0.2) is 9.78 Å². The first-order chi connectivity index (χ1) is 5.11. The Morgan fingerprint density at radius 2 is 2.45 bits per heavy atom. The lowest BCUT2D eigenvalue weighted by atomic mass is 10.4. The molecule has 0 bridgehead atoms. The van der Waals surface area contributed by atoms with Crippen molar-refractivity contribution in [2.24, 2.45) is 0 Å². The summed E-state index contributed by atoms with van der Waals surface area (Å²) in [4.78, 5) is 16.7. The minimum absolute atomic E-state index is 0.106. The second-order valence-electron chi connectivity index (χ2n) is 2.05. The molecule has 1 heterocycles. The average Bonchev–Trinajstić information content (AvgIpc) is 1.85. The quantitative estimate of drug-likeness (QED) is 0.620. The molecule has 58 valence electrons. The zero-order valence-electron chi connectivity index (χ0n) is 5.79. The van der Waals surface area contributed by atoms with Crippen LogP contribution in [0, 0.1) is 11.6 Å². The van der Waals surface area contributed by atoms with Crippen LogP contribution in [0.3, 0.4) is 0 Å². The maximum absolute atomic E-state index is 10.4. The van der Waals surface area contributed by atoms with Gasteiger partial charge in [0.15, 0.2) is 5.69 Å². The Labute approximate surface area is 67.9 Å². The predicted octanol–water partition coefficient (Wildman–Crippen LogP) is 1.15. The van der Waals surface area contributed by atoms with E-state index in [2.05, 4.69) is 9.97 Å². The highest BCUT2D eigenvalue weighted by molar-refractivity contribution is 7.71. The van der Waals surface area contributed by atoms with Crippen LogP contribution in [0.1, 0.15) is 16.2 Å². The Morgan fingerprint density at radius 3 is 2.91 bits per heavy atom. The highest BCUT2D eigenvalue weighted by Crippen LogP contribution is 1.96. The summed E-state index contributed by atoms with van der Waals surface area (Å²) < 4.78 is 0.164. The molecule has 0 saturated carbocycles. The second kappa shape index (κ2) is 2.79. The molecule has 0 fully saturated rings. The molecule has 1 aromatic heterocycles. The molecule has 0 aliphatic carbocycles. The van der Waals surface area contributed by atoms with Crippen LogP contribution >= 0.6 is 12.2 Å². The smallest absolute Gasteiger partial charge is 0.357 e. The van der Waals surface area contributed by atoms with E-state index in [1.54, 1.807) is 6.92 Å². The molecule has 0 aliphatic rings. The summed E-state index contributed by atoms with van der Waals surface area (Å²) in [6, 6.07) is 0. The molecule has 0 saturated heterocycles. The molecule has 1 aromatic rings. The van der Waals surface area contributed by atoms with E-state index in [1.165, 1.54) is 6.20 Å². The van der Waals surface area contributed by atoms with Crippen molar-refractivity contribution in [3.05, 3.63) is 22.2 Å². The maximum atomic E-state index is 10.4. The molecule has 0 unspecified atom stereocenters. The molecule has 0 aromatic carbocycles. The molecular weight excluding hydrogens is 164 g/mol. The van der Waals surface area contributed by atoms with E-state index in [1.807, 2.05) is 0 Å². The number of hydrogen-bond donors (Lipinski definition) is 2. The Kier molecular flexibility index (Phi) is 2.00. The lowest BCUT2D eigenvalue weighted by molar-refractivity contribution is 0.0689. The summed E-state index contributed by atoms with van der Waals surface area (Å²) in [6.07, 6.45) is 1.43. The largest absolute Gasteiger partial charge is 0.476 e. The minimum atomic E-state index is -1.11. The van der Waals surface area contributed by atoms with Gasteiger partial charge in [-0.1, -0.05) is 12.2 Å². The van der Waals surface area contributed by atoms with Gasteiger partial charge in [0, 0.05) is 11.9 Å². The zero-order chi connectivity index (χ0) is 8.43. The van der Waals surface area contributed by atoms with Gasteiger partial charge in [-0.05, 0) is 6.92 Å². The maximum Gasteiger partial charge on any atom is 0.357 e. The van der Waals surface area contributed by atoms with Crippen LogP contribution in [0.4, 0.5) is 0 Å². The first-order valence-electron chi connectivity index (χ1n) is 2.90. The molecule has 0 amide bonds. The zero-order valence-corrected chi connectivity index (χ0v) is 6.60. The van der Waals surface area contributed by atoms with Crippen molar-refractivity contribution in [2.75, 3.05) is 0 Å². The Hall–Kier alpha value is -1.23. The van der Waals surface area contributed by atoms with Crippen LogP contribution < -0.4 is 0 Å². The topological polar surface area (TPSA) is 66.0 Å². The highest BCUT2D eigenvalue weighted by Gasteiger charge is 2.05. The van der Waals surface area contributed by atoms with Gasteiger partial charge in [-0.2, -0.15) is 0 Å². The lowest BCUT2D eigenvalue weighted by Gasteiger charge is -1.94. The van der Waals surface area contributed by atoms with Gasteiger partial charge in [-0.15, -0.1) is 0 Å². The highest BCUT2D eigenvalue weighted by atomic mass is 32.1. The molecule has 0 radical (unpaired) electrons. The number of nitrogens with one attached hydrogen (secondary N) is 1. The van der Waals surface area contributed by atoms with Crippen molar-refractivity contribution in [3.63, 3.8) is 0 Å². The number of aromatic nitrogens is 2. The fourth-order valence-electron chi connectivity index (χ4n) is 0.643. The van der Waals surface area contributed by atoms with Crippen LogP contribution in [0.2, 0.25) is 0 Å². The molecule has 4 nitrogen and oxygen atoms in total. The molecule has 5 heteroatoms. The van der Waals surface area contributed by atoms with E-state index in [-0.39, 0.29) is 10.3 Å². The monoisotopic (exact) mass is 170 g/mol. The third-order valence-electron chi connectivity index (χ3n) is 1.12. The van der Waals surface area contributed by atoms with Crippen molar-refractivity contribution >= 4 is 18.2 Å². The van der Waals surface area contributed by atoms with Crippen molar-refractivity contribution in [2.45, 2.75) is 6.92 Å². The number of rotatable bonds is 1. The first-order valence-corrected chi connectivity index (χ1v) is 3.31. The van der Waals surface area contributed by atoms with E-state index >= 15 is 0 Å². The number of carboxylic acids is 1. The summed E-state index contributed by atoms with van der Waals surface area (Å²) >= 11 is 4.72. The van der Waals surface area contributed by atoms with Gasteiger partial charge in [0.05, 0.1) is 0 Å². The second-order valence-corrected chi connectivity index (χ2v) is 2.46. The molecule has 0 atom stereocenters. The van der Waals surface area contributed by atoms with Gasteiger partial charge in [0.2, 0.25) is 0 Å². The number of aromatic carboxylic acids is 1. The third-order valence-corrected chi connectivity index (χ3v) is 1.41. The molecular formula is C6H6N2O2S. The summed E-state index contributed by atoms with van der Waals surface area (Å²) in [5.74, 6) is -1.11. The van der Waals surface area contributed by atoms with Crippen molar-refractivity contribution in [1.82, 2.24) is 9.97 Å². The van der Waals surface area contributed by atoms with E-state index in [4.69, 9.17) is 17.3 Å². The van der Waals surface area contributed by atoms with Gasteiger partial charge in [0.25, 0.3) is 0 Å². The number of carbonyl (C=O) groups is 1. The predicted molar refractivity (Wildman–Crippen MR) is 41.1 cm³/mol. The van der Waals surface area contributed by atoms with E-state index in [0.29, 0.717) is 0 Å². The standard InChI is InChI=1S/C6H6N2O2S/c1-3-2-7-4(6(9)10)5(11)8-3/h2H,1H3,(H,8,11)(H,9,10). The van der Waals surface area contributed by atoms with E-state index in [0.717, 1.165) is 5.69 Å². The van der Waals surface area contributed by atoms with Crippen molar-refractivity contribution in [1.29, 1.82) is 0 Å². The Morgan fingerprint density at radius 1 is 1.82 bits per heavy atom. The van der Waals surface area contributed by atoms with Gasteiger partial charge < -0.3 is 10.1 Å². The van der Waals surface area contributed by atoms with Crippen LogP contribution in [0.25, 0.3) is 0 Å². The van der Waals surface area contributed by atoms with Crippen molar-refractivity contribution in [3.8, 4) is 0 Å². The van der Waals surface area contributed by atoms with Crippen LogP contribution in [0.5, 0.6) is 0 Å². The number of hydrogen-bond acceptors (Lipinski definition) is 3. The van der Waals surface area contributed by atoms with Crippen LogP contribution in [-0.4, -0.2) is 21.0 Å². The summed E-state index contributed by atoms with van der Waals surface area (Å²) in [7, 11) is 0. The third kappa shape index (κ3) is 1.62. The van der Waals surface area contributed by atoms with Gasteiger partial charge >= 0.3 is 5.97 Å². The number of nitrogens with zero attached hydrogens (tertiary/aromatic N) is 1. The van der Waals surface area contributed by atoms with Gasteiger partial charge in [0.1, 0.15) is 4.64 Å². The molecule has 2 N–H and O–H groups in total.